The van der Waals surface area contributed by atoms with Gasteiger partial charge in [-0.05, 0) is 31.4 Å². The van der Waals surface area contributed by atoms with Crippen molar-refractivity contribution < 1.29 is 32.2 Å². The molecule has 0 aliphatic carbocycles. The molecule has 1 amide bonds. The van der Waals surface area contributed by atoms with E-state index in [0.717, 1.165) is 12.6 Å². The number of carbonyl (C=O) groups is 1. The lowest BCUT2D eigenvalue weighted by molar-refractivity contribution is -0.136. The number of rotatable bonds is 5. The number of amides is 1. The van der Waals surface area contributed by atoms with Crippen LogP contribution in [0.5, 0.6) is 11.5 Å². The van der Waals surface area contributed by atoms with E-state index in [1.54, 1.807) is 17.0 Å². The number of aromatic nitrogens is 3. The van der Waals surface area contributed by atoms with Gasteiger partial charge in [0.25, 0.3) is 0 Å². The second-order valence-corrected chi connectivity index (χ2v) is 9.11. The van der Waals surface area contributed by atoms with Crippen LogP contribution in [0.4, 0.5) is 36.3 Å². The number of aromatic amines is 1. The van der Waals surface area contributed by atoms with Crippen LogP contribution in [0.15, 0.2) is 18.3 Å². The molecule has 13 heteroatoms. The SMILES string of the molecule is O=C1CCCN1c1ccc(Nc2nc(NC3CCOCC3)c3c(C(F)(F)F)c[nH]c3n2)c2c1OCCO2. The molecule has 0 unspecified atom stereocenters. The summed E-state index contributed by atoms with van der Waals surface area (Å²) in [6.07, 6.45) is -1.14. The van der Waals surface area contributed by atoms with Gasteiger partial charge >= 0.3 is 6.18 Å². The fourth-order valence-electron chi connectivity index (χ4n) is 4.91. The molecule has 3 aliphatic rings. The van der Waals surface area contributed by atoms with E-state index in [1.165, 1.54) is 0 Å². The molecule has 5 heterocycles. The minimum absolute atomic E-state index is 0.0157. The van der Waals surface area contributed by atoms with Crippen LogP contribution in [0.2, 0.25) is 0 Å². The van der Waals surface area contributed by atoms with Crippen LogP contribution in [0, 0.1) is 0 Å². The third-order valence-corrected chi connectivity index (χ3v) is 6.68. The number of hydrogen-bond acceptors (Lipinski definition) is 8. The molecular formula is C24H25F3N6O4. The fourth-order valence-corrected chi connectivity index (χ4v) is 4.91. The van der Waals surface area contributed by atoms with Gasteiger partial charge in [0.15, 0.2) is 11.5 Å². The van der Waals surface area contributed by atoms with Gasteiger partial charge in [-0.3, -0.25) is 4.79 Å². The van der Waals surface area contributed by atoms with E-state index in [1.807, 2.05) is 0 Å². The molecule has 3 N–H and O–H groups in total. The monoisotopic (exact) mass is 518 g/mol. The summed E-state index contributed by atoms with van der Waals surface area (Å²) in [4.78, 5) is 25.4. The topological polar surface area (TPSA) is 114 Å². The summed E-state index contributed by atoms with van der Waals surface area (Å²) in [5.41, 5.74) is 0.311. The number of halogens is 3. The fraction of sp³-hybridized carbons (Fsp3) is 0.458. The number of H-pyrrole nitrogens is 1. The highest BCUT2D eigenvalue weighted by Gasteiger charge is 2.36. The van der Waals surface area contributed by atoms with Crippen molar-refractivity contribution in [2.24, 2.45) is 0 Å². The second kappa shape index (κ2) is 9.29. The molecule has 0 atom stereocenters. The van der Waals surface area contributed by atoms with Crippen molar-refractivity contribution >= 4 is 40.1 Å². The van der Waals surface area contributed by atoms with Gasteiger partial charge in [0, 0.05) is 38.4 Å². The molecule has 0 saturated carbocycles. The molecule has 3 aromatic rings. The van der Waals surface area contributed by atoms with Gasteiger partial charge in [-0.25, -0.2) is 0 Å². The first-order valence-electron chi connectivity index (χ1n) is 12.2. The lowest BCUT2D eigenvalue weighted by atomic mass is 10.1. The van der Waals surface area contributed by atoms with Crippen LogP contribution in [-0.2, 0) is 15.7 Å². The quantitative estimate of drug-likeness (QED) is 0.461. The van der Waals surface area contributed by atoms with Gasteiger partial charge in [0.05, 0.1) is 22.3 Å². The number of benzene rings is 1. The van der Waals surface area contributed by atoms with Crippen molar-refractivity contribution in [3.05, 3.63) is 23.9 Å². The van der Waals surface area contributed by atoms with E-state index in [4.69, 9.17) is 14.2 Å². The van der Waals surface area contributed by atoms with Gasteiger partial charge in [0.2, 0.25) is 11.9 Å². The molecule has 2 fully saturated rings. The number of nitrogens with one attached hydrogen (secondary N) is 3. The Kier molecular flexibility index (Phi) is 5.94. The predicted molar refractivity (Wildman–Crippen MR) is 129 cm³/mol. The number of hydrogen-bond donors (Lipinski definition) is 3. The number of carbonyl (C=O) groups excluding carboxylic acids is 1. The summed E-state index contributed by atoms with van der Waals surface area (Å²) in [6, 6.07) is 3.40. The van der Waals surface area contributed by atoms with Crippen molar-refractivity contribution in [2.75, 3.05) is 48.5 Å². The molecule has 196 valence electrons. The lowest BCUT2D eigenvalue weighted by Gasteiger charge is -2.27. The normalized spacial score (nSPS) is 18.5. The first-order valence-corrected chi connectivity index (χ1v) is 12.2. The van der Waals surface area contributed by atoms with E-state index >= 15 is 0 Å². The van der Waals surface area contributed by atoms with E-state index < -0.39 is 11.7 Å². The molecule has 6 rings (SSSR count). The summed E-state index contributed by atoms with van der Waals surface area (Å²) in [5.74, 6) is 1.01. The van der Waals surface area contributed by atoms with Crippen molar-refractivity contribution in [3.63, 3.8) is 0 Å². The van der Waals surface area contributed by atoms with Crippen LogP contribution in [-0.4, -0.2) is 59.9 Å². The molecule has 0 bridgehead atoms. The summed E-state index contributed by atoms with van der Waals surface area (Å²) in [7, 11) is 0. The molecule has 1 aromatic carbocycles. The predicted octanol–water partition coefficient (Wildman–Crippen LogP) is 4.21. The maximum atomic E-state index is 13.7. The molecule has 0 spiro atoms. The Balaban J connectivity index is 1.39. The highest BCUT2D eigenvalue weighted by molar-refractivity contribution is 5.98. The highest BCUT2D eigenvalue weighted by atomic mass is 19.4. The third kappa shape index (κ3) is 4.47. The maximum absolute atomic E-state index is 13.7. The van der Waals surface area contributed by atoms with Crippen molar-refractivity contribution in [3.8, 4) is 11.5 Å². The Morgan fingerprint density at radius 3 is 2.57 bits per heavy atom. The van der Waals surface area contributed by atoms with E-state index in [-0.39, 0.29) is 34.7 Å². The van der Waals surface area contributed by atoms with Crippen LogP contribution in [0.25, 0.3) is 11.0 Å². The Hall–Kier alpha value is -3.74. The highest BCUT2D eigenvalue weighted by Crippen LogP contribution is 2.47. The van der Waals surface area contributed by atoms with Gasteiger partial charge in [0.1, 0.15) is 24.7 Å². The smallest absolute Gasteiger partial charge is 0.418 e. The summed E-state index contributed by atoms with van der Waals surface area (Å²) in [5, 5.41) is 6.14. The Labute approximate surface area is 209 Å². The van der Waals surface area contributed by atoms with Crippen molar-refractivity contribution in [1.29, 1.82) is 0 Å². The molecule has 2 saturated heterocycles. The average molecular weight is 518 g/mol. The molecule has 3 aliphatic heterocycles. The summed E-state index contributed by atoms with van der Waals surface area (Å²) in [6.45, 7) is 2.27. The lowest BCUT2D eigenvalue weighted by Crippen LogP contribution is -2.28. The molecular weight excluding hydrogens is 493 g/mol. The molecule has 10 nitrogen and oxygen atoms in total. The van der Waals surface area contributed by atoms with Crippen LogP contribution >= 0.6 is 0 Å². The van der Waals surface area contributed by atoms with Gasteiger partial charge in [-0.2, -0.15) is 23.1 Å². The number of anilines is 4. The second-order valence-electron chi connectivity index (χ2n) is 9.11. The summed E-state index contributed by atoms with van der Waals surface area (Å²) < 4.78 is 58.4. The van der Waals surface area contributed by atoms with Gasteiger partial charge < -0.3 is 34.7 Å². The minimum atomic E-state index is -4.57. The molecule has 2 aromatic heterocycles. The number of nitrogens with zero attached hydrogens (tertiary/aromatic N) is 3. The standard InChI is InChI=1S/C24H25F3N6O4/c25-24(26,27)14-12-28-21-18(14)22(29-13-5-8-35-9-6-13)32-23(31-21)30-15-3-4-16(33-7-1-2-17(33)34)20-19(15)36-10-11-37-20/h3-4,12-13H,1-2,5-11H2,(H3,28,29,30,31,32). The average Bonchev–Trinajstić information content (AvgIpc) is 3.51. The van der Waals surface area contributed by atoms with Crippen LogP contribution in [0.3, 0.4) is 0 Å². The number of ether oxygens (including phenoxy) is 3. The van der Waals surface area contributed by atoms with E-state index in [2.05, 4.69) is 25.6 Å². The first-order chi connectivity index (χ1) is 17.9. The minimum Gasteiger partial charge on any atom is -0.484 e. The zero-order chi connectivity index (χ0) is 25.6. The van der Waals surface area contributed by atoms with Gasteiger partial charge in [-0.15, -0.1) is 0 Å². The maximum Gasteiger partial charge on any atom is 0.418 e. The van der Waals surface area contributed by atoms with Crippen LogP contribution < -0.4 is 25.0 Å². The number of fused-ring (bicyclic) bond motifs is 2. The zero-order valence-electron chi connectivity index (χ0n) is 19.8. The van der Waals surface area contributed by atoms with Crippen LogP contribution in [0.1, 0.15) is 31.2 Å². The Bertz CT molecular complexity index is 1340. The molecule has 37 heavy (non-hydrogen) atoms. The summed E-state index contributed by atoms with van der Waals surface area (Å²) >= 11 is 0. The zero-order valence-corrected chi connectivity index (χ0v) is 19.8. The largest absolute Gasteiger partial charge is 0.484 e. The Morgan fingerprint density at radius 1 is 1.05 bits per heavy atom. The first kappa shape index (κ1) is 23.6. The molecule has 0 radical (unpaired) electrons. The number of alkyl halides is 3. The van der Waals surface area contributed by atoms with E-state index in [0.29, 0.717) is 75.1 Å². The van der Waals surface area contributed by atoms with Crippen molar-refractivity contribution in [1.82, 2.24) is 15.0 Å². The van der Waals surface area contributed by atoms with Crippen molar-refractivity contribution in [2.45, 2.75) is 37.9 Å². The Morgan fingerprint density at radius 2 is 1.84 bits per heavy atom. The third-order valence-electron chi connectivity index (χ3n) is 6.68. The van der Waals surface area contributed by atoms with Gasteiger partial charge in [-0.1, -0.05) is 0 Å². The van der Waals surface area contributed by atoms with E-state index in [9.17, 15) is 18.0 Å².